The van der Waals surface area contributed by atoms with Crippen LogP contribution in [-0.4, -0.2) is 58.3 Å². The molecule has 184 valence electrons. The van der Waals surface area contributed by atoms with Crippen LogP contribution in [0, 0.1) is 18.3 Å². The summed E-state index contributed by atoms with van der Waals surface area (Å²) in [6.45, 7) is 5.01. The maximum Gasteiger partial charge on any atom is 0.338 e. The van der Waals surface area contributed by atoms with Crippen molar-refractivity contribution >= 4 is 11.9 Å². The van der Waals surface area contributed by atoms with E-state index in [0.717, 1.165) is 29.8 Å². The van der Waals surface area contributed by atoms with E-state index in [1.54, 1.807) is 12.3 Å². The fourth-order valence-electron chi connectivity index (χ4n) is 4.80. The third-order valence-electron chi connectivity index (χ3n) is 6.69. The molecule has 2 aliphatic rings. The number of amides is 1. The van der Waals surface area contributed by atoms with Crippen LogP contribution in [0.1, 0.15) is 54.7 Å². The van der Waals surface area contributed by atoms with E-state index in [1.807, 2.05) is 25.1 Å². The van der Waals surface area contributed by atoms with Crippen LogP contribution in [0.4, 0.5) is 0 Å². The van der Waals surface area contributed by atoms with Crippen molar-refractivity contribution < 1.29 is 19.1 Å². The third kappa shape index (κ3) is 4.17. The Balaban J connectivity index is 1.39. The molecule has 1 atom stereocenters. The lowest BCUT2D eigenvalue weighted by Gasteiger charge is -2.34. The van der Waals surface area contributed by atoms with Gasteiger partial charge >= 0.3 is 5.97 Å². The first-order valence-corrected chi connectivity index (χ1v) is 11.5. The van der Waals surface area contributed by atoms with Crippen LogP contribution >= 0.6 is 0 Å². The summed E-state index contributed by atoms with van der Waals surface area (Å²) in [4.78, 5) is 30.6. The number of nitriles is 1. The number of rotatable bonds is 6. The topological polar surface area (TPSA) is 148 Å². The molecule has 36 heavy (non-hydrogen) atoms. The summed E-state index contributed by atoms with van der Waals surface area (Å²) in [5.41, 5.74) is 10.5. The van der Waals surface area contributed by atoms with Crippen molar-refractivity contribution in [3.8, 4) is 17.6 Å². The molecule has 2 aliphatic heterocycles. The number of nitrogens with one attached hydrogen (secondary N) is 1. The molecular weight excluding hydrogens is 462 g/mol. The van der Waals surface area contributed by atoms with Gasteiger partial charge in [-0.1, -0.05) is 6.07 Å². The fraction of sp³-hybridized carbons (Fsp3) is 0.320. The number of hydrogen-bond donors (Lipinski definition) is 2. The molecule has 0 aliphatic carbocycles. The average molecular weight is 488 g/mol. The Bertz CT molecular complexity index is 1410. The molecule has 0 spiro atoms. The molecule has 3 N–H and O–H groups in total. The van der Waals surface area contributed by atoms with E-state index in [9.17, 15) is 14.9 Å². The molecule has 4 heterocycles. The van der Waals surface area contributed by atoms with E-state index in [1.165, 1.54) is 18.0 Å². The predicted octanol–water partition coefficient (Wildman–Crippen LogP) is 1.37. The third-order valence-corrected chi connectivity index (χ3v) is 6.69. The fourth-order valence-corrected chi connectivity index (χ4v) is 4.80. The van der Waals surface area contributed by atoms with Crippen molar-refractivity contribution in [2.24, 2.45) is 5.73 Å². The second-order valence-corrected chi connectivity index (χ2v) is 8.79. The summed E-state index contributed by atoms with van der Waals surface area (Å²) in [7, 11) is 1.47. The molecule has 0 bridgehead atoms. The molecule has 0 unspecified atom stereocenters. The van der Waals surface area contributed by atoms with Crippen molar-refractivity contribution in [2.75, 3.05) is 26.7 Å². The summed E-state index contributed by atoms with van der Waals surface area (Å²) < 4.78 is 11.9. The first kappa shape index (κ1) is 23.5. The monoisotopic (exact) mass is 487 g/mol. The highest BCUT2D eigenvalue weighted by atomic mass is 16.5. The molecule has 1 amide bonds. The van der Waals surface area contributed by atoms with Crippen molar-refractivity contribution in [2.45, 2.75) is 26.1 Å². The van der Waals surface area contributed by atoms with E-state index in [2.05, 4.69) is 20.3 Å². The SMILES string of the molecule is COc1cc(-n2cc(CN3CCN[C@H](c4ccc5c(c4C)COC5=O)C3)c(C(N)=O)n2)ncc1C#N. The minimum Gasteiger partial charge on any atom is -0.495 e. The number of fused-ring (bicyclic) bond motifs is 1. The molecule has 1 aromatic carbocycles. The van der Waals surface area contributed by atoms with Crippen LogP contribution in [0.15, 0.2) is 30.6 Å². The zero-order valence-corrected chi connectivity index (χ0v) is 19.9. The van der Waals surface area contributed by atoms with Gasteiger partial charge in [-0.2, -0.15) is 10.4 Å². The molecule has 3 aromatic rings. The van der Waals surface area contributed by atoms with E-state index in [-0.39, 0.29) is 17.7 Å². The first-order valence-electron chi connectivity index (χ1n) is 11.5. The Morgan fingerprint density at radius 1 is 1.42 bits per heavy atom. The number of nitrogens with zero attached hydrogens (tertiary/aromatic N) is 5. The van der Waals surface area contributed by atoms with Crippen molar-refractivity contribution in [3.05, 3.63) is 69.7 Å². The Kier molecular flexibility index (Phi) is 6.13. The quantitative estimate of drug-likeness (QED) is 0.492. The second-order valence-electron chi connectivity index (χ2n) is 8.79. The standard InChI is InChI=1S/C25H25N7O4/c1-14-17(3-4-18-19(14)13-36-25(18)34)20-12-31(6-5-28-20)10-16-11-32(30-23(16)24(27)33)22-7-21(35-2)15(8-26)9-29-22/h3-4,7,9,11,20,28H,5-6,10,12-13H2,1-2H3,(H2,27,33)/t20-/m0/s1. The number of primary amides is 1. The predicted molar refractivity (Wildman–Crippen MR) is 127 cm³/mol. The summed E-state index contributed by atoms with van der Waals surface area (Å²) in [5.74, 6) is -0.135. The molecule has 5 rings (SSSR count). The van der Waals surface area contributed by atoms with Crippen LogP contribution < -0.4 is 15.8 Å². The Morgan fingerprint density at radius 3 is 3.00 bits per heavy atom. The molecule has 0 saturated carbocycles. The Hall–Kier alpha value is -4.27. The summed E-state index contributed by atoms with van der Waals surface area (Å²) in [6, 6.07) is 7.49. The summed E-state index contributed by atoms with van der Waals surface area (Å²) in [6.07, 6.45) is 3.13. The molecule has 1 fully saturated rings. The van der Waals surface area contributed by atoms with Gasteiger partial charge in [-0.3, -0.25) is 9.69 Å². The van der Waals surface area contributed by atoms with E-state index >= 15 is 0 Å². The van der Waals surface area contributed by atoms with Gasteiger partial charge in [0.05, 0.1) is 18.9 Å². The van der Waals surface area contributed by atoms with Crippen molar-refractivity contribution in [1.29, 1.82) is 5.26 Å². The van der Waals surface area contributed by atoms with Crippen LogP contribution in [-0.2, 0) is 17.9 Å². The zero-order valence-electron chi connectivity index (χ0n) is 19.9. The number of cyclic esters (lactones) is 1. The average Bonchev–Trinajstić information content (AvgIpc) is 3.48. The van der Waals surface area contributed by atoms with Gasteiger partial charge in [0.15, 0.2) is 11.5 Å². The minimum absolute atomic E-state index is 0.0521. The molecule has 11 heteroatoms. The number of piperazine rings is 1. The van der Waals surface area contributed by atoms with E-state index < -0.39 is 5.91 Å². The van der Waals surface area contributed by atoms with Gasteiger partial charge in [0.25, 0.3) is 5.91 Å². The molecule has 1 saturated heterocycles. The number of nitrogens with two attached hydrogens (primary N) is 1. The Labute approximate surface area is 207 Å². The maximum absolute atomic E-state index is 12.2. The van der Waals surface area contributed by atoms with Crippen LogP contribution in [0.3, 0.4) is 0 Å². The van der Waals surface area contributed by atoms with Gasteiger partial charge in [-0.25, -0.2) is 14.5 Å². The number of pyridine rings is 1. The van der Waals surface area contributed by atoms with Crippen LogP contribution in [0.5, 0.6) is 5.75 Å². The van der Waals surface area contributed by atoms with Gasteiger partial charge in [-0.05, 0) is 24.1 Å². The number of benzene rings is 1. The van der Waals surface area contributed by atoms with Crippen molar-refractivity contribution in [3.63, 3.8) is 0 Å². The van der Waals surface area contributed by atoms with E-state index in [0.29, 0.717) is 48.0 Å². The first-order chi connectivity index (χ1) is 17.4. The van der Waals surface area contributed by atoms with Crippen LogP contribution in [0.25, 0.3) is 5.82 Å². The van der Waals surface area contributed by atoms with Crippen molar-refractivity contribution in [1.82, 2.24) is 25.0 Å². The molecule has 0 radical (unpaired) electrons. The molecule has 11 nitrogen and oxygen atoms in total. The maximum atomic E-state index is 12.2. The second kappa shape index (κ2) is 9.41. The highest BCUT2D eigenvalue weighted by Gasteiger charge is 2.29. The Morgan fingerprint density at radius 2 is 2.25 bits per heavy atom. The normalized spacial score (nSPS) is 17.4. The number of esters is 1. The highest BCUT2D eigenvalue weighted by molar-refractivity contribution is 5.94. The van der Waals surface area contributed by atoms with Gasteiger partial charge in [0.1, 0.15) is 24.0 Å². The summed E-state index contributed by atoms with van der Waals surface area (Å²) in [5, 5.41) is 17.1. The van der Waals surface area contributed by atoms with Gasteiger partial charge < -0.3 is 20.5 Å². The number of hydrogen-bond acceptors (Lipinski definition) is 9. The highest BCUT2D eigenvalue weighted by Crippen LogP contribution is 2.30. The summed E-state index contributed by atoms with van der Waals surface area (Å²) >= 11 is 0. The van der Waals surface area contributed by atoms with Gasteiger partial charge in [-0.15, -0.1) is 0 Å². The van der Waals surface area contributed by atoms with Gasteiger partial charge in [0.2, 0.25) is 0 Å². The minimum atomic E-state index is -0.629. The number of methoxy groups -OCH3 is 1. The lowest BCUT2D eigenvalue weighted by Crippen LogP contribution is -2.45. The molecule has 2 aromatic heterocycles. The lowest BCUT2D eigenvalue weighted by atomic mass is 9.93. The number of carbonyl (C=O) groups excluding carboxylic acids is 2. The number of carbonyl (C=O) groups is 2. The largest absolute Gasteiger partial charge is 0.495 e. The smallest absolute Gasteiger partial charge is 0.338 e. The number of ether oxygens (including phenoxy) is 2. The zero-order chi connectivity index (χ0) is 25.4. The molecular formula is C25H25N7O4. The lowest BCUT2D eigenvalue weighted by molar-refractivity contribution is 0.0534. The number of aromatic nitrogens is 3. The van der Waals surface area contributed by atoms with Gasteiger partial charge in [0, 0.05) is 55.6 Å². The van der Waals surface area contributed by atoms with Crippen LogP contribution in [0.2, 0.25) is 0 Å². The van der Waals surface area contributed by atoms with E-state index in [4.69, 9.17) is 15.2 Å².